The van der Waals surface area contributed by atoms with Gasteiger partial charge in [0.05, 0.1) is 5.56 Å². The number of carbonyl (C=O) groups excluding carboxylic acids is 1. The predicted octanol–water partition coefficient (Wildman–Crippen LogP) is 7.89. The number of amides is 1. The summed E-state index contributed by atoms with van der Waals surface area (Å²) in [4.78, 5) is 13.0. The SMILES string of the molecule is O=C(Nc1ccc(Cl)cc1)c1cc(Cl)ccc1OP(=O)(Oc1ccccc1)Oc1ccccc1. The number of anilines is 1. The van der Waals surface area contributed by atoms with Crippen LogP contribution < -0.4 is 18.9 Å². The molecule has 0 aromatic heterocycles. The van der Waals surface area contributed by atoms with Gasteiger partial charge in [0.15, 0.2) is 0 Å². The summed E-state index contributed by atoms with van der Waals surface area (Å²) in [6.45, 7) is 0. The second kappa shape index (κ2) is 10.7. The molecule has 0 aliphatic rings. The number of phosphoric ester groups is 1. The molecule has 0 saturated carbocycles. The Hall–Kier alpha value is -3.44. The van der Waals surface area contributed by atoms with Crippen molar-refractivity contribution in [2.75, 3.05) is 5.32 Å². The van der Waals surface area contributed by atoms with Crippen LogP contribution in [0, 0.1) is 0 Å². The summed E-state index contributed by atoms with van der Waals surface area (Å²) >= 11 is 12.0. The molecule has 0 heterocycles. The first-order valence-electron chi connectivity index (χ1n) is 10.1. The highest BCUT2D eigenvalue weighted by Gasteiger charge is 2.34. The number of carbonyl (C=O) groups is 1. The Balaban J connectivity index is 1.66. The van der Waals surface area contributed by atoms with E-state index in [2.05, 4.69) is 5.32 Å². The van der Waals surface area contributed by atoms with Crippen LogP contribution >= 0.6 is 31.0 Å². The summed E-state index contributed by atoms with van der Waals surface area (Å²) in [5, 5.41) is 3.55. The lowest BCUT2D eigenvalue weighted by Crippen LogP contribution is -2.15. The van der Waals surface area contributed by atoms with Crippen molar-refractivity contribution in [3.63, 3.8) is 0 Å². The maximum atomic E-state index is 13.7. The smallest absolute Gasteiger partial charge is 0.386 e. The fourth-order valence-electron chi connectivity index (χ4n) is 2.89. The van der Waals surface area contributed by atoms with E-state index >= 15 is 0 Å². The molecule has 4 rings (SSSR count). The Morgan fingerprint density at radius 1 is 0.676 bits per heavy atom. The molecule has 9 heteroatoms. The van der Waals surface area contributed by atoms with Gasteiger partial charge in [-0.3, -0.25) is 4.79 Å². The Morgan fingerprint density at radius 3 is 1.76 bits per heavy atom. The topological polar surface area (TPSA) is 73.9 Å². The van der Waals surface area contributed by atoms with E-state index in [0.717, 1.165) is 0 Å². The molecule has 0 unspecified atom stereocenters. The average Bonchev–Trinajstić information content (AvgIpc) is 2.83. The lowest BCUT2D eigenvalue weighted by molar-refractivity contribution is 0.102. The lowest BCUT2D eigenvalue weighted by Gasteiger charge is -2.20. The second-order valence-corrected chi connectivity index (χ2v) is 9.26. The quantitative estimate of drug-likeness (QED) is 0.242. The van der Waals surface area contributed by atoms with Crippen molar-refractivity contribution in [1.29, 1.82) is 0 Å². The van der Waals surface area contributed by atoms with E-state index in [1.807, 2.05) is 0 Å². The first-order valence-corrected chi connectivity index (χ1v) is 12.3. The van der Waals surface area contributed by atoms with Crippen molar-refractivity contribution < 1.29 is 22.9 Å². The van der Waals surface area contributed by atoms with Crippen LogP contribution in [0.5, 0.6) is 17.2 Å². The number of hydrogen-bond donors (Lipinski definition) is 1. The molecular formula is C25H18Cl2NO5P. The number of phosphoric acid groups is 1. The van der Waals surface area contributed by atoms with Crippen LogP contribution in [0.25, 0.3) is 0 Å². The first kappa shape index (κ1) is 23.7. The van der Waals surface area contributed by atoms with Crippen molar-refractivity contribution in [1.82, 2.24) is 0 Å². The average molecular weight is 514 g/mol. The standard InChI is InChI=1S/C25H18Cl2NO5P/c26-18-11-14-20(15-12-18)28-25(29)23-17-19(27)13-16-24(23)33-34(30,31-21-7-3-1-4-8-21)32-22-9-5-2-6-10-22/h1-17H,(H,28,29). The van der Waals surface area contributed by atoms with E-state index in [1.165, 1.54) is 18.2 Å². The van der Waals surface area contributed by atoms with Crippen molar-refractivity contribution >= 4 is 42.6 Å². The molecular weight excluding hydrogens is 496 g/mol. The first-order chi connectivity index (χ1) is 16.4. The van der Waals surface area contributed by atoms with Crippen LogP contribution in [-0.2, 0) is 4.57 Å². The zero-order chi connectivity index (χ0) is 24.0. The minimum Gasteiger partial charge on any atom is -0.386 e. The molecule has 0 spiro atoms. The molecule has 0 aliphatic heterocycles. The molecule has 0 fully saturated rings. The third-order valence-electron chi connectivity index (χ3n) is 4.42. The summed E-state index contributed by atoms with van der Waals surface area (Å²) in [6, 6.07) is 27.8. The zero-order valence-corrected chi connectivity index (χ0v) is 20.0. The molecule has 4 aromatic rings. The van der Waals surface area contributed by atoms with Gasteiger partial charge in [-0.25, -0.2) is 0 Å². The summed E-state index contributed by atoms with van der Waals surface area (Å²) in [5.41, 5.74) is 0.542. The van der Waals surface area contributed by atoms with Crippen molar-refractivity contribution in [2.45, 2.75) is 0 Å². The van der Waals surface area contributed by atoms with Gasteiger partial charge in [-0.05, 0) is 66.7 Å². The van der Waals surface area contributed by atoms with Gasteiger partial charge in [0.1, 0.15) is 17.2 Å². The highest BCUT2D eigenvalue weighted by atomic mass is 35.5. The van der Waals surface area contributed by atoms with Gasteiger partial charge in [-0.15, -0.1) is 0 Å². The summed E-state index contributed by atoms with van der Waals surface area (Å²) in [5.74, 6) is -0.0392. The number of hydrogen-bond acceptors (Lipinski definition) is 5. The van der Waals surface area contributed by atoms with Crippen LogP contribution in [-0.4, -0.2) is 5.91 Å². The van der Waals surface area contributed by atoms with Gasteiger partial charge in [0.25, 0.3) is 5.91 Å². The Morgan fingerprint density at radius 2 is 1.21 bits per heavy atom. The normalized spacial score (nSPS) is 10.9. The molecule has 4 aromatic carbocycles. The van der Waals surface area contributed by atoms with Gasteiger partial charge in [0, 0.05) is 15.7 Å². The van der Waals surface area contributed by atoms with E-state index in [0.29, 0.717) is 10.7 Å². The molecule has 6 nitrogen and oxygen atoms in total. The van der Waals surface area contributed by atoms with Crippen LogP contribution in [0.15, 0.2) is 103 Å². The maximum absolute atomic E-state index is 13.7. The highest BCUT2D eigenvalue weighted by Crippen LogP contribution is 2.50. The monoisotopic (exact) mass is 513 g/mol. The molecule has 0 bridgehead atoms. The highest BCUT2D eigenvalue weighted by molar-refractivity contribution is 7.49. The fourth-order valence-corrected chi connectivity index (χ4v) is 4.46. The second-order valence-electron chi connectivity index (χ2n) is 6.95. The lowest BCUT2D eigenvalue weighted by atomic mass is 10.2. The van der Waals surface area contributed by atoms with Gasteiger partial charge in [-0.2, -0.15) is 4.57 Å². The van der Waals surface area contributed by atoms with E-state index in [4.69, 9.17) is 36.8 Å². The van der Waals surface area contributed by atoms with Gasteiger partial charge in [-0.1, -0.05) is 59.6 Å². The van der Waals surface area contributed by atoms with E-state index in [1.54, 1.807) is 84.9 Å². The maximum Gasteiger partial charge on any atom is 0.647 e. The largest absolute Gasteiger partial charge is 0.647 e. The van der Waals surface area contributed by atoms with E-state index in [9.17, 15) is 9.36 Å². The molecule has 172 valence electrons. The van der Waals surface area contributed by atoms with Crippen LogP contribution in [0.1, 0.15) is 10.4 Å². The number of halogens is 2. The van der Waals surface area contributed by atoms with E-state index < -0.39 is 13.7 Å². The third kappa shape index (κ3) is 6.33. The molecule has 0 radical (unpaired) electrons. The van der Waals surface area contributed by atoms with Crippen LogP contribution in [0.3, 0.4) is 0 Å². The number of para-hydroxylation sites is 2. The van der Waals surface area contributed by atoms with Gasteiger partial charge >= 0.3 is 7.82 Å². The molecule has 1 N–H and O–H groups in total. The Kier molecular flexibility index (Phi) is 7.43. The molecule has 1 amide bonds. The summed E-state index contributed by atoms with van der Waals surface area (Å²) in [6.07, 6.45) is 0. The Bertz CT molecular complexity index is 1270. The molecule has 0 atom stereocenters. The summed E-state index contributed by atoms with van der Waals surface area (Å²) < 4.78 is 30.8. The third-order valence-corrected chi connectivity index (χ3v) is 6.20. The predicted molar refractivity (Wildman–Crippen MR) is 133 cm³/mol. The van der Waals surface area contributed by atoms with Crippen molar-refractivity contribution in [3.8, 4) is 17.2 Å². The van der Waals surface area contributed by atoms with Crippen LogP contribution in [0.2, 0.25) is 10.0 Å². The number of benzene rings is 4. The van der Waals surface area contributed by atoms with E-state index in [-0.39, 0.29) is 27.8 Å². The van der Waals surface area contributed by atoms with Gasteiger partial charge < -0.3 is 18.9 Å². The summed E-state index contributed by atoms with van der Waals surface area (Å²) in [7, 11) is -4.30. The fraction of sp³-hybridized carbons (Fsp3) is 0. The van der Waals surface area contributed by atoms with Crippen molar-refractivity contribution in [3.05, 3.63) is 119 Å². The van der Waals surface area contributed by atoms with Crippen LogP contribution in [0.4, 0.5) is 5.69 Å². The molecule has 0 aliphatic carbocycles. The minimum atomic E-state index is -4.30. The number of nitrogens with one attached hydrogen (secondary N) is 1. The molecule has 34 heavy (non-hydrogen) atoms. The molecule has 0 saturated heterocycles. The minimum absolute atomic E-state index is 0.0361. The Labute approximate surface area is 206 Å². The van der Waals surface area contributed by atoms with Gasteiger partial charge in [0.2, 0.25) is 0 Å². The van der Waals surface area contributed by atoms with Crippen molar-refractivity contribution in [2.24, 2.45) is 0 Å². The number of rotatable bonds is 8. The zero-order valence-electron chi connectivity index (χ0n) is 17.6.